The summed E-state index contributed by atoms with van der Waals surface area (Å²) < 4.78 is 17.8. The third kappa shape index (κ3) is 4.13. The van der Waals surface area contributed by atoms with Crippen LogP contribution in [0, 0.1) is 5.82 Å². The number of aliphatic carboxylic acids is 1. The van der Waals surface area contributed by atoms with E-state index in [-0.39, 0.29) is 18.5 Å². The van der Waals surface area contributed by atoms with Gasteiger partial charge in [0.1, 0.15) is 11.9 Å². The highest BCUT2D eigenvalue weighted by atomic mass is 19.1. The fourth-order valence-electron chi connectivity index (χ4n) is 1.53. The van der Waals surface area contributed by atoms with E-state index in [0.717, 1.165) is 0 Å². The molecule has 0 aliphatic heterocycles. The molecule has 1 rings (SSSR count). The highest BCUT2D eigenvalue weighted by Crippen LogP contribution is 2.14. The van der Waals surface area contributed by atoms with Crippen LogP contribution in [0.3, 0.4) is 0 Å². The number of halogens is 1. The van der Waals surface area contributed by atoms with Crippen molar-refractivity contribution in [1.29, 1.82) is 0 Å². The Morgan fingerprint density at radius 1 is 1.59 bits per heavy atom. The molecule has 1 aromatic rings. The van der Waals surface area contributed by atoms with Crippen molar-refractivity contribution in [1.82, 2.24) is 5.32 Å². The minimum Gasteiger partial charge on any atom is -0.480 e. The lowest BCUT2D eigenvalue weighted by molar-refractivity contribution is -0.141. The molecule has 2 N–H and O–H groups in total. The summed E-state index contributed by atoms with van der Waals surface area (Å²) in [7, 11) is 1.43. The summed E-state index contributed by atoms with van der Waals surface area (Å²) in [6.45, 7) is 1.84. The molecule has 0 bridgehead atoms. The molecule has 5 heteroatoms. The molecule has 0 saturated carbocycles. The molecule has 0 heterocycles. The van der Waals surface area contributed by atoms with E-state index in [1.807, 2.05) is 0 Å². The molecule has 0 fully saturated rings. The van der Waals surface area contributed by atoms with Crippen LogP contribution in [0.2, 0.25) is 0 Å². The van der Waals surface area contributed by atoms with Crippen molar-refractivity contribution in [3.8, 4) is 0 Å². The summed E-state index contributed by atoms with van der Waals surface area (Å²) in [6.07, 6.45) is 0. The van der Waals surface area contributed by atoms with Gasteiger partial charge in [-0.05, 0) is 24.6 Å². The summed E-state index contributed by atoms with van der Waals surface area (Å²) in [5.41, 5.74) is 0.701. The molecule has 0 aromatic heterocycles. The number of carboxylic acid groups (broad SMARTS) is 1. The van der Waals surface area contributed by atoms with Crippen LogP contribution < -0.4 is 5.32 Å². The lowest BCUT2D eigenvalue weighted by Crippen LogP contribution is -2.41. The molecule has 0 spiro atoms. The largest absolute Gasteiger partial charge is 0.480 e. The number of methoxy groups -OCH3 is 1. The Labute approximate surface area is 99.4 Å². The summed E-state index contributed by atoms with van der Waals surface area (Å²) >= 11 is 0. The van der Waals surface area contributed by atoms with Gasteiger partial charge in [0.2, 0.25) is 0 Å². The van der Waals surface area contributed by atoms with Gasteiger partial charge in [0, 0.05) is 13.2 Å². The number of carboxylic acids is 1. The van der Waals surface area contributed by atoms with Crippen molar-refractivity contribution in [3.63, 3.8) is 0 Å². The predicted octanol–water partition coefficient (Wildman–Crippen LogP) is 1.58. The second kappa shape index (κ2) is 6.32. The molecule has 0 saturated heterocycles. The van der Waals surface area contributed by atoms with Crippen molar-refractivity contribution < 1.29 is 19.0 Å². The minimum absolute atomic E-state index is 0.0645. The summed E-state index contributed by atoms with van der Waals surface area (Å²) in [4.78, 5) is 10.9. The highest BCUT2D eigenvalue weighted by Gasteiger charge is 2.20. The molecule has 17 heavy (non-hydrogen) atoms. The van der Waals surface area contributed by atoms with Gasteiger partial charge < -0.3 is 9.84 Å². The maximum atomic E-state index is 13.0. The summed E-state index contributed by atoms with van der Waals surface area (Å²) in [5.74, 6) is -1.33. The van der Waals surface area contributed by atoms with E-state index in [2.05, 4.69) is 5.32 Å². The fraction of sp³-hybridized carbons (Fsp3) is 0.417. The van der Waals surface area contributed by atoms with E-state index in [1.54, 1.807) is 19.1 Å². The van der Waals surface area contributed by atoms with Crippen molar-refractivity contribution in [2.45, 2.75) is 19.0 Å². The average Bonchev–Trinajstić information content (AvgIpc) is 2.28. The Hall–Kier alpha value is -1.46. The molecule has 2 atom stereocenters. The van der Waals surface area contributed by atoms with Gasteiger partial charge in [-0.3, -0.25) is 10.1 Å². The van der Waals surface area contributed by atoms with Crippen molar-refractivity contribution >= 4 is 5.97 Å². The van der Waals surface area contributed by atoms with Crippen LogP contribution in [-0.4, -0.2) is 30.8 Å². The van der Waals surface area contributed by atoms with Crippen LogP contribution in [0.4, 0.5) is 4.39 Å². The van der Waals surface area contributed by atoms with E-state index >= 15 is 0 Å². The molecule has 0 amide bonds. The molecule has 0 radical (unpaired) electrons. The second-order valence-electron chi connectivity index (χ2n) is 3.79. The van der Waals surface area contributed by atoms with E-state index < -0.39 is 12.0 Å². The maximum Gasteiger partial charge on any atom is 0.323 e. The molecule has 94 valence electrons. The monoisotopic (exact) mass is 241 g/mol. The van der Waals surface area contributed by atoms with Gasteiger partial charge in [-0.1, -0.05) is 12.1 Å². The third-order valence-corrected chi connectivity index (χ3v) is 2.43. The lowest BCUT2D eigenvalue weighted by Gasteiger charge is -2.19. The first-order chi connectivity index (χ1) is 8.04. The lowest BCUT2D eigenvalue weighted by atomic mass is 10.1. The number of hydrogen-bond acceptors (Lipinski definition) is 3. The first kappa shape index (κ1) is 13.6. The van der Waals surface area contributed by atoms with Gasteiger partial charge in [0.25, 0.3) is 0 Å². The Balaban J connectivity index is 2.69. The van der Waals surface area contributed by atoms with Crippen LogP contribution >= 0.6 is 0 Å². The fourth-order valence-corrected chi connectivity index (χ4v) is 1.53. The average molecular weight is 241 g/mol. The minimum atomic E-state index is -0.991. The van der Waals surface area contributed by atoms with Crippen LogP contribution in [0.25, 0.3) is 0 Å². The van der Waals surface area contributed by atoms with E-state index in [1.165, 1.54) is 19.2 Å². The number of carbonyl (C=O) groups is 1. The smallest absolute Gasteiger partial charge is 0.323 e. The van der Waals surface area contributed by atoms with E-state index in [9.17, 15) is 9.18 Å². The Morgan fingerprint density at radius 3 is 2.82 bits per heavy atom. The van der Waals surface area contributed by atoms with Crippen molar-refractivity contribution in [3.05, 3.63) is 35.6 Å². The SMILES string of the molecule is COCC(N[C@@H](C)c1cccc(F)c1)C(=O)O. The number of nitrogens with one attached hydrogen (secondary N) is 1. The first-order valence-corrected chi connectivity index (χ1v) is 5.28. The van der Waals surface area contributed by atoms with E-state index in [0.29, 0.717) is 5.56 Å². The van der Waals surface area contributed by atoms with Crippen LogP contribution in [0.5, 0.6) is 0 Å². The van der Waals surface area contributed by atoms with Gasteiger partial charge in [-0.2, -0.15) is 0 Å². The van der Waals surface area contributed by atoms with Crippen molar-refractivity contribution in [2.75, 3.05) is 13.7 Å². The molecular weight excluding hydrogens is 225 g/mol. The van der Waals surface area contributed by atoms with Gasteiger partial charge in [0.15, 0.2) is 0 Å². The van der Waals surface area contributed by atoms with Crippen LogP contribution in [0.15, 0.2) is 24.3 Å². The quantitative estimate of drug-likeness (QED) is 0.793. The molecular formula is C12H16FNO3. The predicted molar refractivity (Wildman–Crippen MR) is 61.3 cm³/mol. The van der Waals surface area contributed by atoms with Gasteiger partial charge >= 0.3 is 5.97 Å². The number of ether oxygens (including phenoxy) is 1. The normalized spacial score (nSPS) is 14.3. The zero-order chi connectivity index (χ0) is 12.8. The number of benzene rings is 1. The van der Waals surface area contributed by atoms with Gasteiger partial charge in [0.05, 0.1) is 6.61 Å². The molecule has 4 nitrogen and oxygen atoms in total. The molecule has 0 aliphatic carbocycles. The summed E-state index contributed by atoms with van der Waals surface area (Å²) in [5, 5.41) is 11.8. The molecule has 1 unspecified atom stereocenters. The second-order valence-corrected chi connectivity index (χ2v) is 3.79. The molecule has 0 aliphatic rings. The van der Waals surface area contributed by atoms with E-state index in [4.69, 9.17) is 9.84 Å². The van der Waals surface area contributed by atoms with Gasteiger partial charge in [-0.15, -0.1) is 0 Å². The zero-order valence-corrected chi connectivity index (χ0v) is 9.81. The maximum absolute atomic E-state index is 13.0. The van der Waals surface area contributed by atoms with Crippen molar-refractivity contribution in [2.24, 2.45) is 0 Å². The Kier molecular flexibility index (Phi) is 5.06. The van der Waals surface area contributed by atoms with Gasteiger partial charge in [-0.25, -0.2) is 4.39 Å². The highest BCUT2D eigenvalue weighted by molar-refractivity contribution is 5.73. The Bertz CT molecular complexity index is 384. The third-order valence-electron chi connectivity index (χ3n) is 2.43. The topological polar surface area (TPSA) is 58.6 Å². The standard InChI is InChI=1S/C12H16FNO3/c1-8(9-4-3-5-10(13)6-9)14-11(7-17-2)12(15)16/h3-6,8,11,14H,7H2,1-2H3,(H,15,16)/t8-,11?/m0/s1. The first-order valence-electron chi connectivity index (χ1n) is 5.28. The number of rotatable bonds is 6. The summed E-state index contributed by atoms with van der Waals surface area (Å²) in [6, 6.07) is 4.99. The van der Waals surface area contributed by atoms with Crippen LogP contribution in [0.1, 0.15) is 18.5 Å². The molecule has 1 aromatic carbocycles. The number of hydrogen-bond donors (Lipinski definition) is 2. The van der Waals surface area contributed by atoms with Crippen LogP contribution in [-0.2, 0) is 9.53 Å². The zero-order valence-electron chi connectivity index (χ0n) is 9.81. The Morgan fingerprint density at radius 2 is 2.29 bits per heavy atom.